The summed E-state index contributed by atoms with van der Waals surface area (Å²) < 4.78 is 2.16. The van der Waals surface area contributed by atoms with Crippen LogP contribution in [0.5, 0.6) is 0 Å². The van der Waals surface area contributed by atoms with Gasteiger partial charge in [-0.2, -0.15) is 0 Å². The number of hydrogen-bond acceptors (Lipinski definition) is 5. The Morgan fingerprint density at radius 2 is 1.68 bits per heavy atom. The number of amides is 2. The van der Waals surface area contributed by atoms with Crippen molar-refractivity contribution in [2.24, 2.45) is 5.41 Å². The molecule has 2 aromatic heterocycles. The van der Waals surface area contributed by atoms with Crippen LogP contribution in [-0.2, 0) is 15.0 Å². The Hall–Kier alpha value is -2.97. The number of hydrogen-bond donors (Lipinski definition) is 0. The summed E-state index contributed by atoms with van der Waals surface area (Å²) in [6.07, 6.45) is 11.4. The van der Waals surface area contributed by atoms with E-state index >= 15 is 0 Å². The summed E-state index contributed by atoms with van der Waals surface area (Å²) >= 11 is 6.79. The quantitative estimate of drug-likeness (QED) is 0.320. The Morgan fingerprint density at radius 1 is 0.955 bits per heavy atom. The van der Waals surface area contributed by atoms with Gasteiger partial charge in [0.25, 0.3) is 0 Å². The van der Waals surface area contributed by atoms with Crippen molar-refractivity contribution in [1.82, 2.24) is 24.3 Å². The van der Waals surface area contributed by atoms with Gasteiger partial charge in [-0.15, -0.1) is 0 Å². The molecule has 3 aliphatic heterocycles. The zero-order valence-electron chi connectivity index (χ0n) is 26.2. The largest absolute Gasteiger partial charge is 0.342 e. The maximum Gasteiger partial charge on any atom is 0.238 e. The normalized spacial score (nSPS) is 25.5. The topological polar surface area (TPSA) is 74.6 Å². The highest BCUT2D eigenvalue weighted by molar-refractivity contribution is 6.34. The van der Waals surface area contributed by atoms with Crippen molar-refractivity contribution in [2.45, 2.75) is 102 Å². The first-order valence-corrected chi connectivity index (χ1v) is 17.1. The predicted octanol–water partition coefficient (Wildman–Crippen LogP) is 6.36. The maximum atomic E-state index is 14.6. The van der Waals surface area contributed by atoms with E-state index < -0.39 is 10.8 Å². The summed E-state index contributed by atoms with van der Waals surface area (Å²) in [7, 11) is 0. The average molecular weight is 615 g/mol. The fourth-order valence-corrected chi connectivity index (χ4v) is 8.59. The molecule has 5 heterocycles. The molecule has 0 bridgehead atoms. The van der Waals surface area contributed by atoms with E-state index in [0.29, 0.717) is 43.2 Å². The van der Waals surface area contributed by atoms with E-state index in [1.54, 1.807) is 0 Å². The second kappa shape index (κ2) is 10.3. The highest BCUT2D eigenvalue weighted by Crippen LogP contribution is 2.52. The number of benzene rings is 1. The third-order valence-electron chi connectivity index (χ3n) is 11.1. The number of aromatic nitrogens is 3. The molecule has 0 radical (unpaired) electrons. The number of nitrogens with zero attached hydrogens (tertiary/aromatic N) is 6. The molecule has 2 aliphatic carbocycles. The number of pyridine rings is 1. The van der Waals surface area contributed by atoms with E-state index in [4.69, 9.17) is 16.6 Å². The lowest BCUT2D eigenvalue weighted by atomic mass is 9.73. The summed E-state index contributed by atoms with van der Waals surface area (Å²) in [6, 6.07) is 9.70. The molecule has 2 amide bonds. The van der Waals surface area contributed by atoms with Crippen LogP contribution < -0.4 is 4.90 Å². The molecule has 1 aromatic carbocycles. The maximum absolute atomic E-state index is 14.6. The number of carbonyl (C=O) groups excluding carboxylic acids is 2. The second-order valence-electron chi connectivity index (χ2n) is 15.0. The summed E-state index contributed by atoms with van der Waals surface area (Å²) in [5, 5.41) is 0.478. The van der Waals surface area contributed by atoms with Crippen molar-refractivity contribution in [3.63, 3.8) is 0 Å². The molecule has 0 unspecified atom stereocenters. The second-order valence-corrected chi connectivity index (χ2v) is 15.3. The molecule has 0 atom stereocenters. The van der Waals surface area contributed by atoms with Crippen LogP contribution in [0.3, 0.4) is 0 Å². The number of halogens is 1. The average Bonchev–Trinajstić information content (AvgIpc) is 3.71. The highest BCUT2D eigenvalue weighted by Gasteiger charge is 2.56. The van der Waals surface area contributed by atoms with Crippen LogP contribution in [0, 0.1) is 5.41 Å². The van der Waals surface area contributed by atoms with Crippen LogP contribution >= 0.6 is 11.6 Å². The van der Waals surface area contributed by atoms with Gasteiger partial charge in [-0.3, -0.25) is 9.59 Å². The van der Waals surface area contributed by atoms with E-state index in [1.807, 2.05) is 38.1 Å². The van der Waals surface area contributed by atoms with Gasteiger partial charge in [-0.05, 0) is 82.2 Å². The predicted molar refractivity (Wildman–Crippen MR) is 173 cm³/mol. The van der Waals surface area contributed by atoms with Crippen molar-refractivity contribution < 1.29 is 9.59 Å². The van der Waals surface area contributed by atoms with Gasteiger partial charge in [0.15, 0.2) is 5.15 Å². The number of anilines is 1. The van der Waals surface area contributed by atoms with Crippen LogP contribution in [0.25, 0.3) is 22.3 Å². The highest BCUT2D eigenvalue weighted by atomic mass is 35.5. The molecule has 5 aliphatic rings. The van der Waals surface area contributed by atoms with Crippen molar-refractivity contribution in [2.75, 3.05) is 31.1 Å². The third kappa shape index (κ3) is 4.50. The van der Waals surface area contributed by atoms with E-state index in [1.165, 1.54) is 32.4 Å². The molecule has 1 spiro atoms. The molecule has 0 N–H and O–H groups in total. The molecule has 4 fully saturated rings. The molecular formula is C35H43ClN6O2. The molecule has 44 heavy (non-hydrogen) atoms. The van der Waals surface area contributed by atoms with Gasteiger partial charge in [-0.1, -0.05) is 50.9 Å². The number of carbonyl (C=O) groups is 2. The number of fused-ring (bicyclic) bond motifs is 3. The van der Waals surface area contributed by atoms with Gasteiger partial charge in [-0.25, -0.2) is 9.97 Å². The minimum absolute atomic E-state index is 0.163. The van der Waals surface area contributed by atoms with Gasteiger partial charge in [0.05, 0.1) is 23.0 Å². The molecule has 2 saturated heterocycles. The van der Waals surface area contributed by atoms with E-state index in [0.717, 1.165) is 59.2 Å². The Kier molecular flexibility index (Phi) is 6.66. The smallest absolute Gasteiger partial charge is 0.238 e. The Bertz CT molecular complexity index is 1630. The van der Waals surface area contributed by atoms with Gasteiger partial charge in [0.1, 0.15) is 5.52 Å². The van der Waals surface area contributed by atoms with Crippen LogP contribution in [0.1, 0.15) is 90.2 Å². The Morgan fingerprint density at radius 3 is 2.36 bits per heavy atom. The lowest BCUT2D eigenvalue weighted by Gasteiger charge is -2.48. The fourth-order valence-electron chi connectivity index (χ4n) is 8.30. The van der Waals surface area contributed by atoms with E-state index in [9.17, 15) is 9.59 Å². The molecule has 8 nitrogen and oxygen atoms in total. The molecule has 9 heteroatoms. The lowest BCUT2D eigenvalue weighted by Crippen LogP contribution is -2.58. The number of piperidine rings is 2. The SMILES string of the molecule is CC(C)(C)C(=O)N1CCC2(CC1)C(=O)N(C1CC(N3CCCCC3)C1)c1cc(-c3cc4ncn(C5CC5)c4c(Cl)n3)ccc12. The summed E-state index contributed by atoms with van der Waals surface area (Å²) in [6.45, 7) is 9.50. The first-order chi connectivity index (χ1) is 21.1. The minimum Gasteiger partial charge on any atom is -0.342 e. The number of imidazole rings is 1. The standard InChI is InChI=1S/C35H43ClN6O2/c1-34(2,3)32(43)40-15-11-35(12-16-40)26-10-7-22(27-20-28-30(31(36)38-27)41(21-37-28)23-8-9-23)17-29(26)42(33(35)44)25-18-24(19-25)39-13-5-4-6-14-39/h7,10,17,20-21,23-25H,4-6,8-9,11-16,18-19H2,1-3H3. The van der Waals surface area contributed by atoms with Crippen molar-refractivity contribution in [1.29, 1.82) is 0 Å². The van der Waals surface area contributed by atoms with Crippen LogP contribution in [-0.4, -0.2) is 74.4 Å². The Balaban J connectivity index is 1.14. The zero-order valence-corrected chi connectivity index (χ0v) is 26.9. The van der Waals surface area contributed by atoms with Gasteiger partial charge in [0, 0.05) is 47.9 Å². The van der Waals surface area contributed by atoms with E-state index in [-0.39, 0.29) is 17.9 Å². The van der Waals surface area contributed by atoms with Gasteiger partial charge < -0.3 is 19.3 Å². The summed E-state index contributed by atoms with van der Waals surface area (Å²) in [5.74, 6) is 0.385. The van der Waals surface area contributed by atoms with Crippen molar-refractivity contribution in [3.05, 3.63) is 41.3 Å². The summed E-state index contributed by atoms with van der Waals surface area (Å²) in [4.78, 5) is 44.0. The monoisotopic (exact) mass is 614 g/mol. The van der Waals surface area contributed by atoms with Crippen LogP contribution in [0.15, 0.2) is 30.6 Å². The fraction of sp³-hybridized carbons (Fsp3) is 0.600. The lowest BCUT2D eigenvalue weighted by molar-refractivity contribution is -0.142. The molecule has 2 saturated carbocycles. The van der Waals surface area contributed by atoms with Crippen molar-refractivity contribution in [3.8, 4) is 11.3 Å². The molecule has 8 rings (SSSR count). The molecule has 3 aromatic rings. The number of likely N-dealkylation sites (tertiary alicyclic amines) is 2. The first kappa shape index (κ1) is 28.5. The van der Waals surface area contributed by atoms with Crippen LogP contribution in [0.2, 0.25) is 5.15 Å². The van der Waals surface area contributed by atoms with E-state index in [2.05, 4.69) is 37.5 Å². The molecular weight excluding hydrogens is 572 g/mol. The van der Waals surface area contributed by atoms with Crippen molar-refractivity contribution >= 4 is 40.1 Å². The molecule has 232 valence electrons. The van der Waals surface area contributed by atoms with Crippen LogP contribution in [0.4, 0.5) is 5.69 Å². The minimum atomic E-state index is -0.587. The first-order valence-electron chi connectivity index (χ1n) is 16.7. The third-order valence-corrected chi connectivity index (χ3v) is 11.3. The summed E-state index contributed by atoms with van der Waals surface area (Å²) in [5.41, 5.74) is 4.62. The zero-order chi connectivity index (χ0) is 30.4. The van der Waals surface area contributed by atoms with Gasteiger partial charge in [0.2, 0.25) is 11.8 Å². The van der Waals surface area contributed by atoms with Gasteiger partial charge >= 0.3 is 0 Å². The Labute approximate surface area is 264 Å². The number of rotatable bonds is 4.